The smallest absolute Gasteiger partial charge is 0.309 e. The molecule has 1 aliphatic heterocycles. The van der Waals surface area contributed by atoms with Gasteiger partial charge >= 0.3 is 5.97 Å². The predicted molar refractivity (Wildman–Crippen MR) is 103 cm³/mol. The van der Waals surface area contributed by atoms with Crippen molar-refractivity contribution in [3.05, 3.63) is 52.3 Å². The quantitative estimate of drug-likeness (QED) is 0.459. The van der Waals surface area contributed by atoms with Gasteiger partial charge in [-0.3, -0.25) is 14.5 Å². The molecule has 10 heteroatoms. The molecule has 0 aliphatic carbocycles. The van der Waals surface area contributed by atoms with Crippen LogP contribution in [0, 0.1) is 24.4 Å². The highest BCUT2D eigenvalue weighted by Crippen LogP contribution is 2.38. The van der Waals surface area contributed by atoms with Gasteiger partial charge in [-0.25, -0.2) is 18.2 Å². The van der Waals surface area contributed by atoms with E-state index in [9.17, 15) is 22.8 Å². The molecule has 0 saturated carbocycles. The second kappa shape index (κ2) is 7.60. The summed E-state index contributed by atoms with van der Waals surface area (Å²) in [5.74, 6) is -4.26. The Morgan fingerprint density at radius 3 is 2.77 bits per heavy atom. The number of aromatic nitrogens is 1. The molecule has 1 atom stereocenters. The normalized spacial score (nSPS) is 15.8. The van der Waals surface area contributed by atoms with Gasteiger partial charge in [-0.2, -0.15) is 0 Å². The van der Waals surface area contributed by atoms with Gasteiger partial charge in [0.1, 0.15) is 16.3 Å². The number of hydrogen-bond donors (Lipinski definition) is 0. The van der Waals surface area contributed by atoms with Gasteiger partial charge < -0.3 is 9.47 Å². The highest BCUT2D eigenvalue weighted by atomic mass is 32.1. The number of fused-ring (bicyclic) bond motifs is 2. The number of aryl methyl sites for hydroxylation is 1. The van der Waals surface area contributed by atoms with Crippen LogP contribution in [0.4, 0.5) is 18.9 Å². The molecule has 0 radical (unpaired) electrons. The Morgan fingerprint density at radius 1 is 1.27 bits per heavy atom. The summed E-state index contributed by atoms with van der Waals surface area (Å²) in [7, 11) is 1.20. The van der Waals surface area contributed by atoms with Gasteiger partial charge in [0.05, 0.1) is 30.5 Å². The average molecular weight is 436 g/mol. The van der Waals surface area contributed by atoms with Gasteiger partial charge in [0.2, 0.25) is 0 Å². The molecule has 1 amide bonds. The summed E-state index contributed by atoms with van der Waals surface area (Å²) < 4.78 is 51.6. The zero-order valence-corrected chi connectivity index (χ0v) is 16.7. The fraction of sp³-hybridized carbons (Fsp3) is 0.250. The van der Waals surface area contributed by atoms with Gasteiger partial charge in [-0.05, 0) is 24.6 Å². The molecule has 0 bridgehead atoms. The molecule has 156 valence electrons. The lowest BCUT2D eigenvalue weighted by Gasteiger charge is -2.33. The minimum absolute atomic E-state index is 0.129. The minimum atomic E-state index is -1.31. The molecular formula is C20H15F3N2O4S. The summed E-state index contributed by atoms with van der Waals surface area (Å²) in [6.45, 7) is 1.70. The number of ether oxygens (including phenoxy) is 2. The summed E-state index contributed by atoms with van der Waals surface area (Å²) >= 11 is 0.754. The molecule has 1 aliphatic rings. The van der Waals surface area contributed by atoms with Crippen LogP contribution < -0.4 is 9.64 Å². The number of nitrogens with zero attached hydrogens (tertiary/aromatic N) is 2. The second-order valence-electron chi connectivity index (χ2n) is 6.72. The average Bonchev–Trinajstić information content (AvgIpc) is 3.14. The molecule has 0 saturated heterocycles. The third kappa shape index (κ3) is 3.47. The molecular weight excluding hydrogens is 421 g/mol. The van der Waals surface area contributed by atoms with Crippen molar-refractivity contribution in [2.45, 2.75) is 26.0 Å². The van der Waals surface area contributed by atoms with E-state index >= 15 is 0 Å². The molecule has 1 aromatic heterocycles. The van der Waals surface area contributed by atoms with E-state index in [1.807, 2.05) is 6.92 Å². The minimum Gasteiger partial charge on any atom is -0.478 e. The standard InChI is InChI=1S/C20H15F3N2O4S/c1-9-3-4-13-12(5-9)25(20(27)14(29-13)7-16(26)28-2)8-15-24-18-11(22)6-10(21)17(23)19(18)30-15/h3-6,14H,7-8H2,1-2H3. The molecule has 2 heterocycles. The van der Waals surface area contributed by atoms with Crippen LogP contribution in [0.3, 0.4) is 0 Å². The number of benzene rings is 2. The SMILES string of the molecule is COC(=O)CC1Oc2ccc(C)cc2N(Cc2nc3c(F)cc(F)c(F)c3s2)C1=O. The second-order valence-corrected chi connectivity index (χ2v) is 7.81. The predicted octanol–water partition coefficient (Wildman–Crippen LogP) is 3.88. The van der Waals surface area contributed by atoms with E-state index in [1.54, 1.807) is 18.2 Å². The third-order valence-corrected chi connectivity index (χ3v) is 5.68. The van der Waals surface area contributed by atoms with E-state index in [0.29, 0.717) is 17.5 Å². The Bertz CT molecular complexity index is 1180. The van der Waals surface area contributed by atoms with Gasteiger partial charge in [-0.1, -0.05) is 6.07 Å². The highest BCUT2D eigenvalue weighted by Gasteiger charge is 2.37. The van der Waals surface area contributed by atoms with Gasteiger partial charge in [0, 0.05) is 6.07 Å². The molecule has 2 aromatic carbocycles. The first-order chi connectivity index (χ1) is 14.3. The Balaban J connectivity index is 1.75. The number of rotatable bonds is 4. The van der Waals surface area contributed by atoms with Crippen LogP contribution in [0.1, 0.15) is 17.0 Å². The fourth-order valence-corrected chi connectivity index (χ4v) is 4.18. The molecule has 1 unspecified atom stereocenters. The third-order valence-electron chi connectivity index (χ3n) is 4.65. The molecule has 0 spiro atoms. The molecule has 0 N–H and O–H groups in total. The van der Waals surface area contributed by atoms with Crippen LogP contribution >= 0.6 is 11.3 Å². The van der Waals surface area contributed by atoms with E-state index in [1.165, 1.54) is 12.0 Å². The van der Waals surface area contributed by atoms with Crippen molar-refractivity contribution in [3.8, 4) is 5.75 Å². The van der Waals surface area contributed by atoms with Gasteiger partial charge in [0.25, 0.3) is 5.91 Å². The first-order valence-corrected chi connectivity index (χ1v) is 9.68. The maximum absolute atomic E-state index is 14.1. The van der Waals surface area contributed by atoms with Gasteiger partial charge in [0.15, 0.2) is 23.6 Å². The largest absolute Gasteiger partial charge is 0.478 e. The maximum atomic E-state index is 14.1. The van der Waals surface area contributed by atoms with Crippen molar-refractivity contribution in [1.29, 1.82) is 0 Å². The maximum Gasteiger partial charge on any atom is 0.309 e. The van der Waals surface area contributed by atoms with E-state index < -0.39 is 35.4 Å². The summed E-state index contributed by atoms with van der Waals surface area (Å²) in [4.78, 5) is 30.1. The Morgan fingerprint density at radius 2 is 2.03 bits per heavy atom. The first kappa shape index (κ1) is 20.1. The van der Waals surface area contributed by atoms with Crippen molar-refractivity contribution in [1.82, 2.24) is 4.98 Å². The Kier molecular flexibility index (Phi) is 5.10. The van der Waals surface area contributed by atoms with Crippen molar-refractivity contribution >= 4 is 39.1 Å². The van der Waals surface area contributed by atoms with Crippen LogP contribution in [-0.2, 0) is 20.9 Å². The number of methoxy groups -OCH3 is 1. The topological polar surface area (TPSA) is 68.7 Å². The molecule has 6 nitrogen and oxygen atoms in total. The monoisotopic (exact) mass is 436 g/mol. The lowest BCUT2D eigenvalue weighted by molar-refractivity contribution is -0.145. The van der Waals surface area contributed by atoms with E-state index in [0.717, 1.165) is 16.9 Å². The van der Waals surface area contributed by atoms with Crippen LogP contribution in [0.15, 0.2) is 24.3 Å². The molecule has 30 heavy (non-hydrogen) atoms. The Labute approximate surface area is 172 Å². The number of hydrogen-bond acceptors (Lipinski definition) is 6. The summed E-state index contributed by atoms with van der Waals surface area (Å²) in [6, 6.07) is 5.61. The number of carbonyl (C=O) groups excluding carboxylic acids is 2. The van der Waals surface area contributed by atoms with Crippen molar-refractivity contribution < 1.29 is 32.2 Å². The molecule has 4 rings (SSSR count). The van der Waals surface area contributed by atoms with E-state index in [-0.39, 0.29) is 28.2 Å². The zero-order chi connectivity index (χ0) is 21.6. The van der Waals surface area contributed by atoms with E-state index in [4.69, 9.17) is 4.74 Å². The van der Waals surface area contributed by atoms with Gasteiger partial charge in [-0.15, -0.1) is 11.3 Å². The summed E-state index contributed by atoms with van der Waals surface area (Å²) in [6.07, 6.45) is -1.42. The van der Waals surface area contributed by atoms with Crippen LogP contribution in [-0.4, -0.2) is 30.1 Å². The lowest BCUT2D eigenvalue weighted by Crippen LogP contribution is -2.46. The van der Waals surface area contributed by atoms with Crippen LogP contribution in [0.25, 0.3) is 10.2 Å². The van der Waals surface area contributed by atoms with Crippen molar-refractivity contribution in [3.63, 3.8) is 0 Å². The first-order valence-electron chi connectivity index (χ1n) is 8.87. The highest BCUT2D eigenvalue weighted by molar-refractivity contribution is 7.18. The fourth-order valence-electron chi connectivity index (χ4n) is 3.19. The molecule has 0 fully saturated rings. The van der Waals surface area contributed by atoms with E-state index in [2.05, 4.69) is 9.72 Å². The summed E-state index contributed by atoms with van der Waals surface area (Å²) in [5, 5.41) is 0.202. The number of halogens is 3. The molecule has 3 aromatic rings. The summed E-state index contributed by atoms with van der Waals surface area (Å²) in [5.41, 5.74) is 0.989. The zero-order valence-electron chi connectivity index (χ0n) is 15.9. The number of amides is 1. The number of esters is 1. The number of carbonyl (C=O) groups is 2. The van der Waals surface area contributed by atoms with Crippen molar-refractivity contribution in [2.24, 2.45) is 0 Å². The number of thiazole rings is 1. The number of anilines is 1. The van der Waals surface area contributed by atoms with Crippen LogP contribution in [0.5, 0.6) is 5.75 Å². The Hall–Kier alpha value is -3.14. The van der Waals surface area contributed by atoms with Crippen LogP contribution in [0.2, 0.25) is 0 Å². The lowest BCUT2D eigenvalue weighted by atomic mass is 10.1. The van der Waals surface area contributed by atoms with Crippen molar-refractivity contribution in [2.75, 3.05) is 12.0 Å².